The number of rotatable bonds is 5. The number of ether oxygens (including phenoxy) is 1. The van der Waals surface area contributed by atoms with Crippen LogP contribution >= 0.6 is 23.2 Å². The summed E-state index contributed by atoms with van der Waals surface area (Å²) in [5.74, 6) is -1.60. The molecule has 0 unspecified atom stereocenters. The number of hydrogen-bond donors (Lipinski definition) is 4. The van der Waals surface area contributed by atoms with Crippen molar-refractivity contribution < 1.29 is 24.6 Å². The van der Waals surface area contributed by atoms with Gasteiger partial charge in [0, 0.05) is 30.9 Å². The van der Waals surface area contributed by atoms with E-state index in [2.05, 4.69) is 22.3 Å². The Morgan fingerprint density at radius 1 is 1.00 bits per heavy atom. The molecule has 0 aromatic heterocycles. The molecule has 3 aromatic rings. The van der Waals surface area contributed by atoms with Gasteiger partial charge in [0.15, 0.2) is 5.75 Å². The Morgan fingerprint density at radius 3 is 2.41 bits per heavy atom. The van der Waals surface area contributed by atoms with Crippen molar-refractivity contribution in [1.82, 2.24) is 10.4 Å². The van der Waals surface area contributed by atoms with E-state index >= 15 is 0 Å². The van der Waals surface area contributed by atoms with Gasteiger partial charge in [-0.2, -0.15) is 0 Å². The zero-order valence-electron chi connectivity index (χ0n) is 17.8. The maximum atomic E-state index is 11.6. The predicted octanol–water partition coefficient (Wildman–Crippen LogP) is 4.49. The van der Waals surface area contributed by atoms with E-state index in [9.17, 15) is 14.7 Å². The lowest BCUT2D eigenvalue weighted by Gasteiger charge is -2.29. The molecule has 8 nitrogen and oxygen atoms in total. The summed E-state index contributed by atoms with van der Waals surface area (Å²) in [7, 11) is 0. The van der Waals surface area contributed by atoms with Crippen LogP contribution in [-0.2, 0) is 29.1 Å². The predicted molar refractivity (Wildman–Crippen MR) is 127 cm³/mol. The number of amides is 2. The standard InChI is InChI=1S/C24H21Cl2N3O5/c25-19-10-17(27-23(31)24(32)28-33)11-20(26)22(19)34-18-5-6-21(30)16(9-18)13-29-8-7-14-3-1-2-4-15(14)12-29/h1-6,9-11,30,33H,7-8,12-13H2,(H,27,31)(H,28,32). The molecule has 0 aliphatic carbocycles. The molecule has 0 spiro atoms. The molecule has 4 rings (SSSR count). The average Bonchev–Trinajstić information content (AvgIpc) is 2.82. The number of phenols is 1. The monoisotopic (exact) mass is 501 g/mol. The van der Waals surface area contributed by atoms with E-state index in [0.717, 1.165) is 19.5 Å². The van der Waals surface area contributed by atoms with Gasteiger partial charge in [-0.1, -0.05) is 47.5 Å². The Hall–Kier alpha value is -3.30. The van der Waals surface area contributed by atoms with Crippen LogP contribution in [0.1, 0.15) is 16.7 Å². The molecule has 0 atom stereocenters. The molecule has 0 saturated carbocycles. The fourth-order valence-corrected chi connectivity index (χ4v) is 4.33. The Kier molecular flexibility index (Phi) is 7.23. The average molecular weight is 502 g/mol. The van der Waals surface area contributed by atoms with Crippen LogP contribution in [0.3, 0.4) is 0 Å². The normalized spacial score (nSPS) is 13.1. The van der Waals surface area contributed by atoms with Gasteiger partial charge in [0.2, 0.25) is 0 Å². The van der Waals surface area contributed by atoms with E-state index in [1.54, 1.807) is 18.2 Å². The largest absolute Gasteiger partial charge is 0.508 e. The number of nitrogens with one attached hydrogen (secondary N) is 2. The van der Waals surface area contributed by atoms with Crippen LogP contribution in [0.25, 0.3) is 0 Å². The van der Waals surface area contributed by atoms with Gasteiger partial charge < -0.3 is 15.2 Å². The van der Waals surface area contributed by atoms with Crippen molar-refractivity contribution in [2.75, 3.05) is 11.9 Å². The van der Waals surface area contributed by atoms with Crippen LogP contribution in [0.5, 0.6) is 17.2 Å². The lowest BCUT2D eigenvalue weighted by atomic mass is 9.99. The fourth-order valence-electron chi connectivity index (χ4n) is 3.77. The van der Waals surface area contributed by atoms with Gasteiger partial charge in [-0.15, -0.1) is 0 Å². The highest BCUT2D eigenvalue weighted by Gasteiger charge is 2.19. The lowest BCUT2D eigenvalue weighted by molar-refractivity contribution is -0.141. The highest BCUT2D eigenvalue weighted by Crippen LogP contribution is 2.40. The molecule has 0 radical (unpaired) electrons. The molecule has 3 aromatic carbocycles. The maximum absolute atomic E-state index is 11.6. The molecule has 2 amide bonds. The zero-order chi connectivity index (χ0) is 24.2. The summed E-state index contributed by atoms with van der Waals surface area (Å²) in [5.41, 5.74) is 4.71. The van der Waals surface area contributed by atoms with E-state index in [4.69, 9.17) is 33.1 Å². The second kappa shape index (κ2) is 10.3. The Bertz CT molecular complexity index is 1230. The Labute approximate surface area is 205 Å². The molecule has 1 aliphatic heterocycles. The van der Waals surface area contributed by atoms with Crippen LogP contribution in [0.15, 0.2) is 54.6 Å². The number of carbonyl (C=O) groups is 2. The first-order valence-electron chi connectivity index (χ1n) is 10.4. The van der Waals surface area contributed by atoms with Gasteiger partial charge in [0.05, 0.1) is 10.0 Å². The molecule has 10 heteroatoms. The van der Waals surface area contributed by atoms with Crippen molar-refractivity contribution in [2.24, 2.45) is 0 Å². The van der Waals surface area contributed by atoms with Crippen molar-refractivity contribution in [1.29, 1.82) is 0 Å². The quantitative estimate of drug-likeness (QED) is 0.233. The number of nitrogens with zero attached hydrogens (tertiary/aromatic N) is 1. The van der Waals surface area contributed by atoms with Gasteiger partial charge in [-0.05, 0) is 47.9 Å². The molecule has 34 heavy (non-hydrogen) atoms. The molecular weight excluding hydrogens is 481 g/mol. The van der Waals surface area contributed by atoms with Crippen molar-refractivity contribution in [2.45, 2.75) is 19.5 Å². The van der Waals surface area contributed by atoms with Crippen LogP contribution in [0.2, 0.25) is 10.0 Å². The molecule has 1 aliphatic rings. The number of anilines is 1. The number of halogens is 2. The molecular formula is C24H21Cl2N3O5. The van der Waals surface area contributed by atoms with Gasteiger partial charge >= 0.3 is 11.8 Å². The van der Waals surface area contributed by atoms with Crippen molar-refractivity contribution in [3.63, 3.8) is 0 Å². The highest BCUT2D eigenvalue weighted by molar-refractivity contribution is 6.40. The highest BCUT2D eigenvalue weighted by atomic mass is 35.5. The number of carbonyl (C=O) groups excluding carboxylic acids is 2. The van der Waals surface area contributed by atoms with Crippen molar-refractivity contribution >= 4 is 40.7 Å². The first-order chi connectivity index (χ1) is 16.3. The number of benzene rings is 3. The van der Waals surface area contributed by atoms with Gasteiger partial charge in [0.25, 0.3) is 0 Å². The second-order valence-corrected chi connectivity index (χ2v) is 8.60. The van der Waals surface area contributed by atoms with E-state index in [1.165, 1.54) is 28.7 Å². The van der Waals surface area contributed by atoms with Gasteiger partial charge in [-0.3, -0.25) is 19.7 Å². The molecule has 1 heterocycles. The molecule has 176 valence electrons. The van der Waals surface area contributed by atoms with E-state index in [0.29, 0.717) is 17.9 Å². The Morgan fingerprint density at radius 2 is 1.71 bits per heavy atom. The number of phenolic OH excluding ortho intramolecular Hbond substituents is 1. The molecule has 0 bridgehead atoms. The molecule has 0 fully saturated rings. The van der Waals surface area contributed by atoms with E-state index in [1.807, 2.05) is 12.1 Å². The van der Waals surface area contributed by atoms with Crippen molar-refractivity contribution in [3.05, 3.63) is 81.3 Å². The summed E-state index contributed by atoms with van der Waals surface area (Å²) < 4.78 is 5.88. The summed E-state index contributed by atoms with van der Waals surface area (Å²) in [6.45, 7) is 2.21. The summed E-state index contributed by atoms with van der Waals surface area (Å²) in [4.78, 5) is 25.0. The first-order valence-corrected chi connectivity index (χ1v) is 11.1. The smallest absolute Gasteiger partial charge is 0.332 e. The van der Waals surface area contributed by atoms with Crippen LogP contribution < -0.4 is 15.5 Å². The third-order valence-electron chi connectivity index (χ3n) is 5.44. The third-order valence-corrected chi connectivity index (χ3v) is 6.00. The summed E-state index contributed by atoms with van der Waals surface area (Å²) in [5, 5.41) is 21.4. The fraction of sp³-hybridized carbons (Fsp3) is 0.167. The number of hydroxylamine groups is 1. The lowest BCUT2D eigenvalue weighted by Crippen LogP contribution is -2.33. The van der Waals surface area contributed by atoms with Crippen molar-refractivity contribution in [3.8, 4) is 17.2 Å². The van der Waals surface area contributed by atoms with Crippen LogP contribution in [-0.4, -0.2) is 33.6 Å². The van der Waals surface area contributed by atoms with Gasteiger partial charge in [-0.25, -0.2) is 5.48 Å². The maximum Gasteiger partial charge on any atom is 0.332 e. The minimum Gasteiger partial charge on any atom is -0.508 e. The van der Waals surface area contributed by atoms with Crippen LogP contribution in [0.4, 0.5) is 5.69 Å². The van der Waals surface area contributed by atoms with E-state index in [-0.39, 0.29) is 27.2 Å². The molecule has 0 saturated heterocycles. The minimum absolute atomic E-state index is 0.0921. The number of fused-ring (bicyclic) bond motifs is 1. The topological polar surface area (TPSA) is 111 Å². The first kappa shape index (κ1) is 23.8. The van der Waals surface area contributed by atoms with Gasteiger partial charge in [0.1, 0.15) is 11.5 Å². The number of aromatic hydroxyl groups is 1. The summed E-state index contributed by atoms with van der Waals surface area (Å²) in [6.07, 6.45) is 0.946. The van der Waals surface area contributed by atoms with Crippen LogP contribution in [0, 0.1) is 0 Å². The van der Waals surface area contributed by atoms with E-state index < -0.39 is 11.8 Å². The molecule has 4 N–H and O–H groups in total. The third kappa shape index (κ3) is 5.43. The minimum atomic E-state index is -1.23. The SMILES string of the molecule is O=C(NO)C(=O)Nc1cc(Cl)c(Oc2ccc(O)c(CN3CCc4ccccc4C3)c2)c(Cl)c1. The zero-order valence-corrected chi connectivity index (χ0v) is 19.4. The second-order valence-electron chi connectivity index (χ2n) is 7.79. The summed E-state index contributed by atoms with van der Waals surface area (Å²) in [6, 6.07) is 15.9. The number of hydrogen-bond acceptors (Lipinski definition) is 6. The Balaban J connectivity index is 1.49. The summed E-state index contributed by atoms with van der Waals surface area (Å²) >= 11 is 12.6.